The van der Waals surface area contributed by atoms with Crippen LogP contribution in [0.15, 0.2) is 18.2 Å². The Morgan fingerprint density at radius 1 is 1.09 bits per heavy atom. The second-order valence-corrected chi connectivity index (χ2v) is 21.5. The predicted octanol–water partition coefficient (Wildman–Crippen LogP) is 9.10. The van der Waals surface area contributed by atoms with Gasteiger partial charge < -0.3 is 18.8 Å². The molecule has 1 saturated heterocycles. The molecule has 0 bridgehead atoms. The number of rotatable bonds is 13. The molecule has 5 nitrogen and oxygen atoms in total. The van der Waals surface area contributed by atoms with Crippen LogP contribution in [0.4, 0.5) is 4.39 Å². The monoisotopic (exact) mass is 643 g/mol. The lowest BCUT2D eigenvalue weighted by Crippen LogP contribution is -2.50. The summed E-state index contributed by atoms with van der Waals surface area (Å²) in [5, 5.41) is 0.258. The second kappa shape index (κ2) is 14.5. The van der Waals surface area contributed by atoms with Gasteiger partial charge in [-0.15, -0.1) is 0 Å². The van der Waals surface area contributed by atoms with E-state index < -0.39 is 19.9 Å². The minimum Gasteiger partial charge on any atom is -0.465 e. The number of hydrogen-bond donors (Lipinski definition) is 0. The molecule has 3 fully saturated rings. The molecule has 0 radical (unpaired) electrons. The summed E-state index contributed by atoms with van der Waals surface area (Å²) in [6.45, 7) is 17.4. The molecule has 254 valence electrons. The molecule has 1 aromatic carbocycles. The summed E-state index contributed by atoms with van der Waals surface area (Å²) in [4.78, 5) is 15.5. The van der Waals surface area contributed by atoms with Gasteiger partial charge in [0.15, 0.2) is 14.6 Å². The normalized spacial score (nSPS) is 31.9. The molecule has 7 atom stereocenters. The number of nitrogens with zero attached hydrogens (tertiary/aromatic N) is 1. The number of benzene rings is 1. The molecule has 0 spiro atoms. The first-order chi connectivity index (χ1) is 21.3. The minimum atomic E-state index is -1.67. The minimum absolute atomic E-state index is 0.109. The number of halogens is 1. The molecule has 2 saturated carbocycles. The Morgan fingerprint density at radius 2 is 1.87 bits per heavy atom. The zero-order chi connectivity index (χ0) is 32.4. The van der Waals surface area contributed by atoms with Crippen molar-refractivity contribution >= 4 is 14.1 Å². The number of fused-ring (bicyclic) bond motifs is 5. The third-order valence-electron chi connectivity index (χ3n) is 12.5. The van der Waals surface area contributed by atoms with Crippen molar-refractivity contribution in [2.45, 2.75) is 141 Å². The van der Waals surface area contributed by atoms with E-state index in [9.17, 15) is 4.79 Å². The van der Waals surface area contributed by atoms with Gasteiger partial charge >= 0.3 is 0 Å². The van der Waals surface area contributed by atoms with Crippen LogP contribution in [0.5, 0.6) is 5.75 Å². The van der Waals surface area contributed by atoms with Crippen LogP contribution in [0.25, 0.3) is 0 Å². The summed E-state index contributed by atoms with van der Waals surface area (Å²) < 4.78 is 34.7. The lowest BCUT2D eigenvalue weighted by Gasteiger charge is -2.53. The van der Waals surface area contributed by atoms with Gasteiger partial charge in [0.25, 0.3) is 0 Å². The first-order valence-electron chi connectivity index (χ1n) is 18.2. The summed E-state index contributed by atoms with van der Waals surface area (Å²) in [5.41, 5.74) is 1.93. The molecule has 4 aliphatic rings. The Labute approximate surface area is 274 Å². The Hall–Kier alpha value is -1.28. The van der Waals surface area contributed by atoms with E-state index >= 15 is 4.39 Å². The Bertz CT molecular complexity index is 1150. The van der Waals surface area contributed by atoms with Gasteiger partial charge in [0.05, 0.1) is 6.61 Å². The first-order valence-corrected chi connectivity index (χ1v) is 21.1. The number of carbonyl (C=O) groups excluding carboxylic acids is 1. The fourth-order valence-corrected chi connectivity index (χ4v) is 9.90. The first kappa shape index (κ1) is 35.0. The quantitative estimate of drug-likeness (QED) is 0.159. The number of Topliss-reactive ketones (excluding diaryl/α,β-unsaturated/α-hetero) is 1. The van der Waals surface area contributed by atoms with Crippen LogP contribution in [-0.4, -0.2) is 64.8 Å². The molecule has 1 aromatic rings. The van der Waals surface area contributed by atoms with Gasteiger partial charge in [-0.3, -0.25) is 4.79 Å². The maximum absolute atomic E-state index is 16.3. The average Bonchev–Trinajstić information content (AvgIpc) is 3.27. The van der Waals surface area contributed by atoms with Crippen LogP contribution in [0.2, 0.25) is 18.1 Å². The highest BCUT2D eigenvalue weighted by Gasteiger charge is 2.60. The van der Waals surface area contributed by atoms with Crippen molar-refractivity contribution < 1.29 is 23.1 Å². The number of ether oxygens (including phenoxy) is 2. The molecular formula is C38H62FNO4Si. The molecule has 7 heteroatoms. The third kappa shape index (κ3) is 7.89. The number of carbonyl (C=O) groups is 1. The largest absolute Gasteiger partial charge is 0.465 e. The lowest BCUT2D eigenvalue weighted by atomic mass is 9.51. The van der Waals surface area contributed by atoms with Crippen molar-refractivity contribution in [1.82, 2.24) is 4.90 Å². The maximum Gasteiger partial charge on any atom is 0.199 e. The van der Waals surface area contributed by atoms with Crippen molar-refractivity contribution in [2.75, 3.05) is 33.4 Å². The summed E-state index contributed by atoms with van der Waals surface area (Å²) in [6.07, 6.45) is 10.6. The molecule has 45 heavy (non-hydrogen) atoms. The van der Waals surface area contributed by atoms with Crippen LogP contribution in [0, 0.1) is 23.2 Å². The topological polar surface area (TPSA) is 48.0 Å². The zero-order valence-corrected chi connectivity index (χ0v) is 30.5. The molecule has 0 N–H and O–H groups in total. The maximum atomic E-state index is 16.3. The summed E-state index contributed by atoms with van der Waals surface area (Å²) >= 11 is 0. The smallest absolute Gasteiger partial charge is 0.199 e. The average molecular weight is 644 g/mol. The van der Waals surface area contributed by atoms with Crippen molar-refractivity contribution in [3.63, 3.8) is 0 Å². The van der Waals surface area contributed by atoms with E-state index in [0.717, 1.165) is 83.4 Å². The summed E-state index contributed by atoms with van der Waals surface area (Å²) in [7, 11) is 0.558. The van der Waals surface area contributed by atoms with Crippen molar-refractivity contribution in [3.05, 3.63) is 29.3 Å². The van der Waals surface area contributed by atoms with Gasteiger partial charge in [-0.25, -0.2) is 4.39 Å². The standard InChI is InChI=1S/C38H62FNO4Si/c1-37(2,3)45(6,7)43-23-13-21-40(5)20-11-8-9-14-27-24-28-25-29(44-34-15-10-12-22-42-34)16-17-30(28)36-32(39)26-38(4)31(35(27)36)18-19-33(38)41/h16-17,25,27,31-32,34-36H,8-15,18-24,26H2,1-7H3/t27?,31-,32?,34?,35-,36-,38-/m0/s1. The van der Waals surface area contributed by atoms with Crippen molar-refractivity contribution in [2.24, 2.45) is 23.2 Å². The summed E-state index contributed by atoms with van der Waals surface area (Å²) in [5.74, 6) is 1.99. The van der Waals surface area contributed by atoms with Crippen LogP contribution < -0.4 is 4.74 Å². The number of hydrogen-bond acceptors (Lipinski definition) is 5. The Balaban J connectivity index is 1.18. The molecule has 3 unspecified atom stereocenters. The van der Waals surface area contributed by atoms with Gasteiger partial charge in [-0.05, 0) is 131 Å². The van der Waals surface area contributed by atoms with E-state index in [2.05, 4.69) is 64.9 Å². The van der Waals surface area contributed by atoms with Gasteiger partial charge in [0.2, 0.25) is 0 Å². The predicted molar refractivity (Wildman–Crippen MR) is 183 cm³/mol. The van der Waals surface area contributed by atoms with E-state index in [1.807, 2.05) is 6.07 Å². The van der Waals surface area contributed by atoms with E-state index in [1.54, 1.807) is 0 Å². The highest BCUT2D eigenvalue weighted by atomic mass is 28.4. The molecule has 1 aliphatic heterocycles. The molecule has 0 aromatic heterocycles. The van der Waals surface area contributed by atoms with Crippen LogP contribution in [0.3, 0.4) is 0 Å². The van der Waals surface area contributed by atoms with Crippen LogP contribution >= 0.6 is 0 Å². The molecule has 0 amide bonds. The van der Waals surface area contributed by atoms with Crippen molar-refractivity contribution in [3.8, 4) is 5.75 Å². The zero-order valence-electron chi connectivity index (χ0n) is 29.5. The SMILES string of the molecule is CN(CCCCCC1Cc2cc(OC3CCCCO3)ccc2[C@H]2C(F)C[C@]3(C)C(=O)CC[C@H]3[C@H]12)CCCO[Si](C)(C)C(C)(C)C. The molecule has 5 rings (SSSR count). The lowest BCUT2D eigenvalue weighted by molar-refractivity contribution is -0.132. The fraction of sp³-hybridized carbons (Fsp3) is 0.816. The van der Waals surface area contributed by atoms with Crippen LogP contribution in [-0.2, 0) is 20.4 Å². The molecule has 1 heterocycles. The van der Waals surface area contributed by atoms with Gasteiger partial charge in [-0.2, -0.15) is 0 Å². The third-order valence-corrected chi connectivity index (χ3v) is 17.0. The van der Waals surface area contributed by atoms with Gasteiger partial charge in [0, 0.05) is 30.8 Å². The molecule has 3 aliphatic carbocycles. The Kier molecular flexibility index (Phi) is 11.3. The van der Waals surface area contributed by atoms with Crippen molar-refractivity contribution in [1.29, 1.82) is 0 Å². The highest BCUT2D eigenvalue weighted by Crippen LogP contribution is 2.62. The number of ketones is 1. The van der Waals surface area contributed by atoms with E-state index in [1.165, 1.54) is 24.0 Å². The molecular weight excluding hydrogens is 582 g/mol. The Morgan fingerprint density at radius 3 is 2.60 bits per heavy atom. The van der Waals surface area contributed by atoms with Crippen LogP contribution in [0.1, 0.15) is 115 Å². The van der Waals surface area contributed by atoms with E-state index in [0.29, 0.717) is 30.5 Å². The van der Waals surface area contributed by atoms with Gasteiger partial charge in [-0.1, -0.05) is 46.6 Å². The number of alkyl halides is 1. The second-order valence-electron chi connectivity index (χ2n) is 16.7. The van der Waals surface area contributed by atoms with E-state index in [-0.39, 0.29) is 23.2 Å². The fourth-order valence-electron chi connectivity index (χ4n) is 8.81. The number of unbranched alkanes of at least 4 members (excludes halogenated alkanes) is 2. The summed E-state index contributed by atoms with van der Waals surface area (Å²) in [6, 6.07) is 6.35. The van der Waals surface area contributed by atoms with E-state index in [4.69, 9.17) is 13.9 Å². The highest BCUT2D eigenvalue weighted by molar-refractivity contribution is 6.74. The van der Waals surface area contributed by atoms with Gasteiger partial charge in [0.1, 0.15) is 17.7 Å².